The first-order valence-corrected chi connectivity index (χ1v) is 8.75. The van der Waals surface area contributed by atoms with Crippen molar-refractivity contribution < 1.29 is 9.26 Å². The number of halogens is 1. The molecule has 1 fully saturated rings. The number of morpholine rings is 1. The minimum Gasteiger partial charge on any atom is -0.370 e. The molecule has 2 aromatic heterocycles. The van der Waals surface area contributed by atoms with E-state index < -0.39 is 0 Å². The molecule has 1 aliphatic rings. The van der Waals surface area contributed by atoms with Gasteiger partial charge in [-0.15, -0.1) is 24.0 Å². The molecule has 1 saturated heterocycles. The third-order valence-electron chi connectivity index (χ3n) is 4.19. The number of hydrogen-bond acceptors (Lipinski definition) is 6. The fourth-order valence-corrected chi connectivity index (χ4v) is 2.77. The molecule has 0 spiro atoms. The fourth-order valence-electron chi connectivity index (χ4n) is 2.77. The minimum atomic E-state index is -0.159. The van der Waals surface area contributed by atoms with Gasteiger partial charge in [0, 0.05) is 37.8 Å². The summed E-state index contributed by atoms with van der Waals surface area (Å²) in [7, 11) is 3.68. The SMILES string of the molecule is CN=C(NCc1noc(C(C)(C)C)n1)N1CCOC(c2cnn(C)c2)C1.I. The van der Waals surface area contributed by atoms with E-state index in [-0.39, 0.29) is 35.5 Å². The van der Waals surface area contributed by atoms with Crippen LogP contribution in [0.3, 0.4) is 0 Å². The van der Waals surface area contributed by atoms with Gasteiger partial charge in [0.1, 0.15) is 6.10 Å². The van der Waals surface area contributed by atoms with Crippen LogP contribution in [-0.2, 0) is 23.7 Å². The van der Waals surface area contributed by atoms with Crippen LogP contribution in [0.4, 0.5) is 0 Å². The fraction of sp³-hybridized carbons (Fsp3) is 0.647. The molecule has 1 atom stereocenters. The van der Waals surface area contributed by atoms with E-state index >= 15 is 0 Å². The van der Waals surface area contributed by atoms with Crippen LogP contribution >= 0.6 is 24.0 Å². The lowest BCUT2D eigenvalue weighted by atomic mass is 9.97. The van der Waals surface area contributed by atoms with E-state index in [1.807, 2.05) is 40.2 Å². The van der Waals surface area contributed by atoms with E-state index in [0.717, 1.165) is 18.1 Å². The van der Waals surface area contributed by atoms with E-state index in [2.05, 4.69) is 30.4 Å². The maximum atomic E-state index is 5.89. The summed E-state index contributed by atoms with van der Waals surface area (Å²) in [6.45, 7) is 8.72. The predicted octanol–water partition coefficient (Wildman–Crippen LogP) is 1.87. The highest BCUT2D eigenvalue weighted by atomic mass is 127. The van der Waals surface area contributed by atoms with Crippen LogP contribution < -0.4 is 5.32 Å². The molecule has 1 N–H and O–H groups in total. The maximum absolute atomic E-state index is 5.89. The first-order valence-electron chi connectivity index (χ1n) is 8.75. The zero-order valence-corrected chi connectivity index (χ0v) is 18.8. The smallest absolute Gasteiger partial charge is 0.232 e. The van der Waals surface area contributed by atoms with E-state index in [4.69, 9.17) is 9.26 Å². The van der Waals surface area contributed by atoms with Crippen LogP contribution in [0, 0.1) is 0 Å². The Morgan fingerprint density at radius 1 is 1.41 bits per heavy atom. The van der Waals surface area contributed by atoms with Crippen molar-refractivity contribution in [2.45, 2.75) is 38.8 Å². The Kier molecular flexibility index (Phi) is 7.20. The van der Waals surface area contributed by atoms with Crippen LogP contribution in [-0.4, -0.2) is 57.5 Å². The second-order valence-corrected chi connectivity index (χ2v) is 7.42. The molecule has 0 radical (unpaired) electrons. The number of nitrogens with one attached hydrogen (secondary N) is 1. The van der Waals surface area contributed by atoms with Crippen molar-refractivity contribution in [3.63, 3.8) is 0 Å². The van der Waals surface area contributed by atoms with Gasteiger partial charge in [-0.3, -0.25) is 9.67 Å². The second-order valence-electron chi connectivity index (χ2n) is 7.42. The maximum Gasteiger partial charge on any atom is 0.232 e. The summed E-state index contributed by atoms with van der Waals surface area (Å²) in [6.07, 6.45) is 3.81. The van der Waals surface area contributed by atoms with Crippen molar-refractivity contribution in [3.05, 3.63) is 29.7 Å². The molecule has 10 heteroatoms. The van der Waals surface area contributed by atoms with E-state index in [1.165, 1.54) is 0 Å². The Hall–Kier alpha value is -1.69. The van der Waals surface area contributed by atoms with E-state index in [0.29, 0.717) is 31.4 Å². The van der Waals surface area contributed by atoms with Gasteiger partial charge in [0.15, 0.2) is 11.8 Å². The minimum absolute atomic E-state index is 0. The van der Waals surface area contributed by atoms with Gasteiger partial charge in [0.05, 0.1) is 25.9 Å². The molecule has 150 valence electrons. The van der Waals surface area contributed by atoms with Crippen LogP contribution in [0.2, 0.25) is 0 Å². The summed E-state index contributed by atoms with van der Waals surface area (Å²) in [5, 5.41) is 11.6. The average Bonchev–Trinajstić information content (AvgIpc) is 3.24. The predicted molar refractivity (Wildman–Crippen MR) is 112 cm³/mol. The molecular weight excluding hydrogens is 461 g/mol. The van der Waals surface area contributed by atoms with Gasteiger partial charge in [0.2, 0.25) is 5.89 Å². The van der Waals surface area contributed by atoms with Gasteiger partial charge in [0.25, 0.3) is 0 Å². The summed E-state index contributed by atoms with van der Waals surface area (Å²) in [4.78, 5) is 11.0. The van der Waals surface area contributed by atoms with Gasteiger partial charge in [-0.1, -0.05) is 25.9 Å². The highest BCUT2D eigenvalue weighted by Gasteiger charge is 2.26. The van der Waals surface area contributed by atoms with Crippen molar-refractivity contribution in [3.8, 4) is 0 Å². The molecule has 3 heterocycles. The lowest BCUT2D eigenvalue weighted by Crippen LogP contribution is -2.48. The van der Waals surface area contributed by atoms with Crippen molar-refractivity contribution in [1.82, 2.24) is 30.1 Å². The highest BCUT2D eigenvalue weighted by Crippen LogP contribution is 2.22. The third kappa shape index (κ3) is 5.41. The zero-order chi connectivity index (χ0) is 18.7. The average molecular weight is 489 g/mol. The number of guanidine groups is 1. The number of hydrogen-bond donors (Lipinski definition) is 1. The number of rotatable bonds is 3. The van der Waals surface area contributed by atoms with Crippen LogP contribution in [0.15, 0.2) is 21.9 Å². The number of aliphatic imine (C=N–C) groups is 1. The number of aryl methyl sites for hydroxylation is 1. The number of nitrogens with zero attached hydrogens (tertiary/aromatic N) is 6. The summed E-state index contributed by atoms with van der Waals surface area (Å²) >= 11 is 0. The van der Waals surface area contributed by atoms with Crippen molar-refractivity contribution in [1.29, 1.82) is 0 Å². The third-order valence-corrected chi connectivity index (χ3v) is 4.19. The first-order chi connectivity index (χ1) is 12.4. The van der Waals surface area contributed by atoms with Crippen LogP contribution in [0.1, 0.15) is 44.2 Å². The van der Waals surface area contributed by atoms with Crippen molar-refractivity contribution in [2.24, 2.45) is 12.0 Å². The normalized spacial score (nSPS) is 18.3. The molecular formula is C17H28IN7O2. The Morgan fingerprint density at radius 3 is 2.78 bits per heavy atom. The summed E-state index contributed by atoms with van der Waals surface area (Å²) in [5.41, 5.74) is 0.911. The Morgan fingerprint density at radius 2 is 2.19 bits per heavy atom. The monoisotopic (exact) mass is 489 g/mol. The van der Waals surface area contributed by atoms with Crippen LogP contribution in [0.25, 0.3) is 0 Å². The number of ether oxygens (including phenoxy) is 1. The summed E-state index contributed by atoms with van der Waals surface area (Å²) < 4.78 is 13.0. The molecule has 1 unspecified atom stereocenters. The van der Waals surface area contributed by atoms with Gasteiger partial charge in [-0.05, 0) is 0 Å². The van der Waals surface area contributed by atoms with Gasteiger partial charge >= 0.3 is 0 Å². The first kappa shape index (κ1) is 21.6. The molecule has 9 nitrogen and oxygen atoms in total. The summed E-state index contributed by atoms with van der Waals surface area (Å²) in [6, 6.07) is 0. The Balaban J connectivity index is 0.00000261. The van der Waals surface area contributed by atoms with E-state index in [9.17, 15) is 0 Å². The molecule has 27 heavy (non-hydrogen) atoms. The van der Waals surface area contributed by atoms with Gasteiger partial charge < -0.3 is 19.5 Å². The van der Waals surface area contributed by atoms with Crippen molar-refractivity contribution >= 4 is 29.9 Å². The van der Waals surface area contributed by atoms with Crippen molar-refractivity contribution in [2.75, 3.05) is 26.7 Å². The van der Waals surface area contributed by atoms with Gasteiger partial charge in [-0.2, -0.15) is 10.1 Å². The molecule has 0 aliphatic carbocycles. The van der Waals surface area contributed by atoms with Gasteiger partial charge in [-0.25, -0.2) is 0 Å². The molecule has 3 rings (SSSR count). The topological polar surface area (TPSA) is 93.6 Å². The molecule has 0 aromatic carbocycles. The Bertz CT molecular complexity index is 765. The van der Waals surface area contributed by atoms with E-state index in [1.54, 1.807) is 11.7 Å². The largest absolute Gasteiger partial charge is 0.370 e. The standard InChI is InChI=1S/C17H27N7O2.HI/c1-17(2,3)15-21-14(22-26-15)9-19-16(18-4)24-6-7-25-13(11-24)12-8-20-23(5)10-12;/h8,10,13H,6-7,9,11H2,1-5H3,(H,18,19);1H. The Labute approximate surface area is 176 Å². The lowest BCUT2D eigenvalue weighted by molar-refractivity contribution is -0.00806. The molecule has 1 aliphatic heterocycles. The summed E-state index contributed by atoms with van der Waals surface area (Å²) in [5.74, 6) is 2.05. The molecule has 0 amide bonds. The highest BCUT2D eigenvalue weighted by molar-refractivity contribution is 14.0. The lowest BCUT2D eigenvalue weighted by Gasteiger charge is -2.34. The number of aromatic nitrogens is 4. The molecule has 0 saturated carbocycles. The molecule has 2 aromatic rings. The van der Waals surface area contributed by atoms with Crippen LogP contribution in [0.5, 0.6) is 0 Å². The second kappa shape index (κ2) is 9.00. The molecule has 0 bridgehead atoms. The zero-order valence-electron chi connectivity index (χ0n) is 16.5. The quantitative estimate of drug-likeness (QED) is 0.400.